The lowest BCUT2D eigenvalue weighted by molar-refractivity contribution is -0.143. The summed E-state index contributed by atoms with van der Waals surface area (Å²) in [4.78, 5) is 19.1. The van der Waals surface area contributed by atoms with E-state index in [0.29, 0.717) is 31.7 Å². The van der Waals surface area contributed by atoms with Crippen LogP contribution in [0.4, 0.5) is 10.2 Å². The number of fused-ring (bicyclic) bond motifs is 1. The molecule has 0 bridgehead atoms. The van der Waals surface area contributed by atoms with Crippen LogP contribution in [0.1, 0.15) is 74.4 Å². The zero-order valence-electron chi connectivity index (χ0n) is 24.9. The molecule has 1 aromatic heterocycles. The molecular formula is C31H44FN3O6. The van der Waals surface area contributed by atoms with Gasteiger partial charge in [0.2, 0.25) is 0 Å². The van der Waals surface area contributed by atoms with Gasteiger partial charge in [0.25, 0.3) is 0 Å². The molecule has 4 rings (SSSR count). The number of anilines is 1. The maximum absolute atomic E-state index is 15.0. The van der Waals surface area contributed by atoms with Crippen molar-refractivity contribution in [2.75, 3.05) is 52.9 Å². The van der Waals surface area contributed by atoms with Crippen LogP contribution in [-0.4, -0.2) is 74.6 Å². The van der Waals surface area contributed by atoms with Crippen molar-refractivity contribution in [3.05, 3.63) is 46.4 Å². The largest absolute Gasteiger partial charge is 0.496 e. The number of aryl methyl sites for hydroxylation is 1. The van der Waals surface area contributed by atoms with Gasteiger partial charge >= 0.3 is 5.97 Å². The average Bonchev–Trinajstić information content (AvgIpc) is 3.42. The molecule has 1 saturated heterocycles. The van der Waals surface area contributed by atoms with Gasteiger partial charge in [-0.3, -0.25) is 9.69 Å². The van der Waals surface area contributed by atoms with Crippen molar-refractivity contribution in [1.82, 2.24) is 9.88 Å². The highest BCUT2D eigenvalue weighted by molar-refractivity contribution is 5.77. The van der Waals surface area contributed by atoms with Crippen molar-refractivity contribution in [1.29, 1.82) is 0 Å². The van der Waals surface area contributed by atoms with Gasteiger partial charge in [0, 0.05) is 56.2 Å². The van der Waals surface area contributed by atoms with Gasteiger partial charge in [0.05, 0.1) is 25.9 Å². The van der Waals surface area contributed by atoms with Crippen molar-refractivity contribution in [2.24, 2.45) is 0 Å². The summed E-state index contributed by atoms with van der Waals surface area (Å²) < 4.78 is 37.6. The van der Waals surface area contributed by atoms with Gasteiger partial charge in [-0.2, -0.15) is 0 Å². The predicted molar refractivity (Wildman–Crippen MR) is 154 cm³/mol. The normalized spacial score (nSPS) is 18.0. The second-order valence-corrected chi connectivity index (χ2v) is 11.3. The summed E-state index contributed by atoms with van der Waals surface area (Å²) in [6, 6.07) is 4.02. The van der Waals surface area contributed by atoms with E-state index in [1.807, 2.05) is 18.7 Å². The second kappa shape index (κ2) is 13.8. The van der Waals surface area contributed by atoms with Crippen LogP contribution < -0.4 is 14.8 Å². The zero-order valence-corrected chi connectivity index (χ0v) is 24.9. The lowest BCUT2D eigenvalue weighted by atomic mass is 9.92. The predicted octanol–water partition coefficient (Wildman–Crippen LogP) is 5.11. The molecule has 1 aromatic carbocycles. The molecule has 1 unspecified atom stereocenters. The number of aromatic nitrogens is 1. The molecule has 1 fully saturated rings. The fourth-order valence-corrected chi connectivity index (χ4v) is 5.71. The second-order valence-electron chi connectivity index (χ2n) is 11.3. The number of hydrogen-bond acceptors (Lipinski definition) is 8. The number of pyridine rings is 1. The summed E-state index contributed by atoms with van der Waals surface area (Å²) in [5, 5.41) is 13.6. The Hall–Kier alpha value is -2.95. The number of unbranched alkanes of at least 4 members (excludes halogenated alkanes) is 2. The van der Waals surface area contributed by atoms with E-state index in [9.17, 15) is 9.90 Å². The van der Waals surface area contributed by atoms with Gasteiger partial charge < -0.3 is 29.4 Å². The molecule has 41 heavy (non-hydrogen) atoms. The lowest BCUT2D eigenvalue weighted by Crippen LogP contribution is -2.34. The summed E-state index contributed by atoms with van der Waals surface area (Å²) in [6.07, 6.45) is 6.49. The van der Waals surface area contributed by atoms with E-state index in [0.717, 1.165) is 62.3 Å². The molecule has 226 valence electrons. The maximum Gasteiger partial charge on any atom is 0.325 e. The summed E-state index contributed by atoms with van der Waals surface area (Å²) in [5.74, 6) is 0.149. The number of carbonyl (C=O) groups is 1. The Labute approximate surface area is 242 Å². The third-order valence-corrected chi connectivity index (χ3v) is 8.24. The van der Waals surface area contributed by atoms with Crippen LogP contribution >= 0.6 is 0 Å². The fraction of sp³-hybridized carbons (Fsp3) is 0.613. The number of ether oxygens (including phenoxy) is 4. The number of methoxy groups -OCH3 is 3. The van der Waals surface area contributed by atoms with Crippen molar-refractivity contribution in [3.8, 4) is 11.5 Å². The van der Waals surface area contributed by atoms with E-state index in [1.54, 1.807) is 20.3 Å². The van der Waals surface area contributed by atoms with Gasteiger partial charge in [0.1, 0.15) is 17.6 Å². The quantitative estimate of drug-likeness (QED) is 0.299. The van der Waals surface area contributed by atoms with Gasteiger partial charge in [0.15, 0.2) is 11.6 Å². The van der Waals surface area contributed by atoms with Crippen LogP contribution in [0.5, 0.6) is 11.5 Å². The summed E-state index contributed by atoms with van der Waals surface area (Å²) in [6.45, 7) is 6.15. The number of rotatable bonds is 14. The number of carboxylic acid groups (broad SMARTS) is 1. The van der Waals surface area contributed by atoms with Gasteiger partial charge in [-0.25, -0.2) is 9.37 Å². The number of benzene rings is 1. The number of nitrogens with zero attached hydrogens (tertiary/aromatic N) is 2. The molecule has 2 aliphatic rings. The molecule has 10 heteroatoms. The van der Waals surface area contributed by atoms with E-state index in [4.69, 9.17) is 23.9 Å². The molecule has 2 atom stereocenters. The number of carboxylic acids is 1. The van der Waals surface area contributed by atoms with Gasteiger partial charge in [-0.1, -0.05) is 6.42 Å². The first-order valence-corrected chi connectivity index (χ1v) is 14.5. The molecule has 2 aliphatic heterocycles. The number of aliphatic carboxylic acids is 1. The van der Waals surface area contributed by atoms with Crippen molar-refractivity contribution < 1.29 is 33.2 Å². The topological polar surface area (TPSA) is 102 Å². The highest BCUT2D eigenvalue weighted by atomic mass is 19.1. The smallest absolute Gasteiger partial charge is 0.325 e. The Balaban J connectivity index is 1.30. The Kier molecular flexibility index (Phi) is 10.4. The molecule has 3 heterocycles. The van der Waals surface area contributed by atoms with Crippen LogP contribution in [0.15, 0.2) is 18.2 Å². The minimum atomic E-state index is -1.06. The Bertz CT molecular complexity index is 1190. The zero-order chi connectivity index (χ0) is 29.6. The molecule has 0 amide bonds. The Morgan fingerprint density at radius 2 is 2.00 bits per heavy atom. The van der Waals surface area contributed by atoms with Crippen LogP contribution in [0, 0.1) is 5.82 Å². The molecule has 2 N–H and O–H groups in total. The summed E-state index contributed by atoms with van der Waals surface area (Å²) in [7, 11) is 4.60. The van der Waals surface area contributed by atoms with E-state index in [1.165, 1.54) is 18.7 Å². The maximum atomic E-state index is 15.0. The minimum Gasteiger partial charge on any atom is -0.496 e. The van der Waals surface area contributed by atoms with E-state index < -0.39 is 23.4 Å². The first-order valence-electron chi connectivity index (χ1n) is 14.5. The van der Waals surface area contributed by atoms with E-state index in [-0.39, 0.29) is 17.4 Å². The summed E-state index contributed by atoms with van der Waals surface area (Å²) in [5.41, 5.74) is 2.24. The van der Waals surface area contributed by atoms with Crippen LogP contribution in [0.2, 0.25) is 0 Å². The van der Waals surface area contributed by atoms with Gasteiger partial charge in [-0.15, -0.1) is 0 Å². The van der Waals surface area contributed by atoms with Crippen molar-refractivity contribution in [2.45, 2.75) is 76.5 Å². The van der Waals surface area contributed by atoms with Crippen molar-refractivity contribution in [3.63, 3.8) is 0 Å². The standard InChI is InChI=1S/C31H44FN3O6/c1-31(2,40-5)20-16-24(28(39-4)25(32)17-20)27(30(36)37)35-14-12-22(19-35)41-15-8-6-7-10-21-18-26(38-3)23-11-9-13-33-29(23)34-21/h16-18,22,27H,6-15,19H2,1-5H3,(H,33,34)(H,36,37)/t22-,27?/m1/s1. The number of halogens is 1. The third-order valence-electron chi connectivity index (χ3n) is 8.24. The molecule has 0 radical (unpaired) electrons. The first kappa shape index (κ1) is 31.0. The lowest BCUT2D eigenvalue weighted by Gasteiger charge is -2.29. The summed E-state index contributed by atoms with van der Waals surface area (Å²) >= 11 is 0. The van der Waals surface area contributed by atoms with Crippen LogP contribution in [0.3, 0.4) is 0 Å². The number of nitrogens with one attached hydrogen (secondary N) is 1. The first-order chi connectivity index (χ1) is 19.7. The molecule has 9 nitrogen and oxygen atoms in total. The molecule has 2 aromatic rings. The fourth-order valence-electron chi connectivity index (χ4n) is 5.71. The average molecular weight is 574 g/mol. The minimum absolute atomic E-state index is 0.0563. The molecular weight excluding hydrogens is 529 g/mol. The van der Waals surface area contributed by atoms with E-state index >= 15 is 4.39 Å². The van der Waals surface area contributed by atoms with Gasteiger partial charge in [-0.05, 0) is 70.1 Å². The molecule has 0 aliphatic carbocycles. The Morgan fingerprint density at radius 1 is 1.20 bits per heavy atom. The van der Waals surface area contributed by atoms with Crippen LogP contribution in [-0.2, 0) is 32.7 Å². The van der Waals surface area contributed by atoms with E-state index in [2.05, 4.69) is 11.4 Å². The molecule has 0 saturated carbocycles. The number of hydrogen-bond donors (Lipinski definition) is 2. The highest BCUT2D eigenvalue weighted by Gasteiger charge is 2.37. The SMILES string of the molecule is COc1cc(CCCCCO[C@@H]2CCN(C(C(=O)O)c3cc(C(C)(C)OC)cc(F)c3OC)C2)nc2c1CCCN2. The Morgan fingerprint density at radius 3 is 2.71 bits per heavy atom. The third kappa shape index (κ3) is 7.28. The number of likely N-dealkylation sites (tertiary alicyclic amines) is 1. The molecule has 0 spiro atoms. The highest BCUT2D eigenvalue weighted by Crippen LogP contribution is 2.38. The monoisotopic (exact) mass is 573 g/mol. The van der Waals surface area contributed by atoms with Crippen LogP contribution in [0.25, 0.3) is 0 Å². The van der Waals surface area contributed by atoms with Crippen molar-refractivity contribution >= 4 is 11.8 Å².